The Balaban J connectivity index is 1.41. The monoisotopic (exact) mass is 410 g/mol. The molecule has 0 atom stereocenters. The summed E-state index contributed by atoms with van der Waals surface area (Å²) in [5.74, 6) is 1.37. The van der Waals surface area contributed by atoms with Crippen molar-refractivity contribution in [3.05, 3.63) is 153 Å². The lowest BCUT2D eigenvalue weighted by atomic mass is 9.83. The molecule has 0 saturated carbocycles. The lowest BCUT2D eigenvalue weighted by Crippen LogP contribution is -2.06. The van der Waals surface area contributed by atoms with Crippen molar-refractivity contribution in [2.75, 3.05) is 0 Å². The number of benzene rings is 2. The largest absolute Gasteiger partial charge is 0.361 e. The first-order chi connectivity index (χ1) is 15.7. The van der Waals surface area contributed by atoms with Crippen LogP contribution in [0.25, 0.3) is 17.2 Å². The van der Waals surface area contributed by atoms with Crippen LogP contribution in [-0.4, -0.2) is 0 Å². The van der Waals surface area contributed by atoms with E-state index in [1.165, 1.54) is 61.6 Å². The maximum Gasteiger partial charge on any atom is 0.0601 e. The molecule has 1 aliphatic heterocycles. The van der Waals surface area contributed by atoms with Crippen molar-refractivity contribution in [1.29, 1.82) is 0 Å². The highest BCUT2D eigenvalue weighted by atomic mass is 14.9. The second kappa shape index (κ2) is 7.39. The van der Waals surface area contributed by atoms with Crippen LogP contribution in [0.1, 0.15) is 25.0 Å². The molecule has 2 aromatic rings. The first-order valence-electron chi connectivity index (χ1n) is 11.1. The van der Waals surface area contributed by atoms with Gasteiger partial charge < -0.3 is 5.32 Å². The van der Waals surface area contributed by atoms with Crippen LogP contribution >= 0.6 is 0 Å². The van der Waals surface area contributed by atoms with Gasteiger partial charge in [0.2, 0.25) is 0 Å². The zero-order valence-electron chi connectivity index (χ0n) is 18.3. The van der Waals surface area contributed by atoms with Gasteiger partial charge in [-0.15, -0.1) is 0 Å². The summed E-state index contributed by atoms with van der Waals surface area (Å²) >= 11 is 0. The lowest BCUT2D eigenvalue weighted by molar-refractivity contribution is 1.09. The van der Waals surface area contributed by atoms with Crippen LogP contribution in [0.3, 0.4) is 0 Å². The molecule has 1 radical (unpaired) electrons. The topological polar surface area (TPSA) is 12.0 Å². The molecule has 0 saturated heterocycles. The maximum absolute atomic E-state index is 3.40. The highest BCUT2D eigenvalue weighted by molar-refractivity contribution is 5.90. The Kier molecular flexibility index (Phi) is 4.36. The molecule has 4 aliphatic rings. The van der Waals surface area contributed by atoms with Crippen LogP contribution in [0.15, 0.2) is 136 Å². The van der Waals surface area contributed by atoms with Crippen LogP contribution in [-0.2, 0) is 0 Å². The molecule has 32 heavy (non-hydrogen) atoms. The Morgan fingerprint density at radius 2 is 1.53 bits per heavy atom. The average molecular weight is 411 g/mol. The van der Waals surface area contributed by atoms with E-state index in [4.69, 9.17) is 0 Å². The summed E-state index contributed by atoms with van der Waals surface area (Å²) in [5, 5.41) is 3.40. The summed E-state index contributed by atoms with van der Waals surface area (Å²) < 4.78 is 0. The fourth-order valence-electron chi connectivity index (χ4n) is 5.15. The van der Waals surface area contributed by atoms with E-state index < -0.39 is 0 Å². The third kappa shape index (κ3) is 2.93. The molecular weight excluding hydrogens is 386 g/mol. The average Bonchev–Trinajstić information content (AvgIpc) is 3.35. The van der Waals surface area contributed by atoms with Crippen LogP contribution in [0, 0.1) is 5.92 Å². The van der Waals surface area contributed by atoms with E-state index in [1.807, 2.05) is 18.4 Å². The van der Waals surface area contributed by atoms with Gasteiger partial charge in [0, 0.05) is 11.9 Å². The minimum atomic E-state index is 1.13. The second-order valence-corrected chi connectivity index (χ2v) is 8.62. The Bertz CT molecular complexity index is 1380. The van der Waals surface area contributed by atoms with E-state index in [0.29, 0.717) is 0 Å². The summed E-state index contributed by atoms with van der Waals surface area (Å²) in [5.41, 5.74) is 14.3. The first-order valence-corrected chi connectivity index (χ1v) is 11.1. The van der Waals surface area contributed by atoms with Gasteiger partial charge in [-0.1, -0.05) is 78.4 Å². The van der Waals surface area contributed by atoms with Crippen LogP contribution in [0.2, 0.25) is 0 Å². The quantitative estimate of drug-likeness (QED) is 0.557. The van der Waals surface area contributed by atoms with Crippen molar-refractivity contribution >= 4 is 6.08 Å². The fraction of sp³-hybridized carbons (Fsp3) is 0.0645. The fourth-order valence-corrected chi connectivity index (χ4v) is 5.15. The molecule has 0 bridgehead atoms. The molecular formula is C31H24N. The third-order valence-corrected chi connectivity index (χ3v) is 6.55. The number of hydrogen-bond donors (Lipinski definition) is 1. The van der Waals surface area contributed by atoms with E-state index in [-0.39, 0.29) is 0 Å². The van der Waals surface area contributed by atoms with Gasteiger partial charge in [0.25, 0.3) is 0 Å². The molecule has 0 fully saturated rings. The Hall–Kier alpha value is -3.84. The van der Waals surface area contributed by atoms with Gasteiger partial charge in [-0.05, 0) is 88.3 Å². The van der Waals surface area contributed by atoms with E-state index >= 15 is 0 Å². The Morgan fingerprint density at radius 3 is 2.41 bits per heavy atom. The van der Waals surface area contributed by atoms with Crippen LogP contribution in [0.5, 0.6) is 0 Å². The van der Waals surface area contributed by atoms with Gasteiger partial charge in [-0.25, -0.2) is 0 Å². The summed E-state index contributed by atoms with van der Waals surface area (Å²) in [7, 11) is 0. The van der Waals surface area contributed by atoms with Gasteiger partial charge >= 0.3 is 0 Å². The maximum atomic E-state index is 3.40. The minimum absolute atomic E-state index is 1.13. The van der Waals surface area contributed by atoms with Crippen molar-refractivity contribution in [3.8, 4) is 11.1 Å². The Morgan fingerprint density at radius 1 is 0.688 bits per heavy atom. The van der Waals surface area contributed by atoms with E-state index in [1.54, 1.807) is 0 Å². The van der Waals surface area contributed by atoms with Crippen molar-refractivity contribution in [2.24, 2.45) is 0 Å². The van der Waals surface area contributed by atoms with Gasteiger partial charge in [0.1, 0.15) is 0 Å². The highest BCUT2D eigenvalue weighted by Gasteiger charge is 2.35. The first kappa shape index (κ1) is 18.9. The standard InChI is InChI=1S/C31H24N/c1-20-16-23-18-24(29-14-7-4-8-15-32-29)19-27(23)31(20)30-21(2)17-28-25(12-9-13-26(28)30)22-10-5-3-6-11-22/h3-19,32H,1-2H3. The number of fused-ring (bicyclic) bond motifs is 2. The summed E-state index contributed by atoms with van der Waals surface area (Å²) in [4.78, 5) is 0. The van der Waals surface area contributed by atoms with Crippen molar-refractivity contribution < 1.29 is 0 Å². The van der Waals surface area contributed by atoms with E-state index in [0.717, 1.165) is 5.70 Å². The number of rotatable bonds is 3. The molecule has 1 N–H and O–H groups in total. The van der Waals surface area contributed by atoms with Gasteiger partial charge in [0.15, 0.2) is 0 Å². The molecule has 0 unspecified atom stereocenters. The molecule has 153 valence electrons. The van der Waals surface area contributed by atoms with Gasteiger partial charge in [0.05, 0.1) is 5.92 Å². The number of nitrogens with one attached hydrogen (secondary N) is 1. The third-order valence-electron chi connectivity index (χ3n) is 6.55. The lowest BCUT2D eigenvalue weighted by Gasteiger charge is -2.19. The van der Waals surface area contributed by atoms with Gasteiger partial charge in [-0.3, -0.25) is 0 Å². The van der Waals surface area contributed by atoms with E-state index in [2.05, 4.69) is 104 Å². The summed E-state index contributed by atoms with van der Waals surface area (Å²) in [6.07, 6.45) is 19.6. The number of hydrogen-bond acceptors (Lipinski definition) is 1. The zero-order valence-corrected chi connectivity index (χ0v) is 18.3. The predicted molar refractivity (Wildman–Crippen MR) is 134 cm³/mol. The minimum Gasteiger partial charge on any atom is -0.361 e. The van der Waals surface area contributed by atoms with Crippen molar-refractivity contribution in [3.63, 3.8) is 0 Å². The molecule has 3 aliphatic carbocycles. The molecule has 2 aromatic carbocycles. The summed E-state index contributed by atoms with van der Waals surface area (Å²) in [6, 6.07) is 17.4. The molecule has 6 rings (SSSR count). The normalized spacial score (nSPS) is 19.0. The number of allylic oxidation sites excluding steroid dienone is 12. The Labute approximate surface area is 189 Å². The van der Waals surface area contributed by atoms with Crippen molar-refractivity contribution in [2.45, 2.75) is 13.8 Å². The molecule has 0 aromatic heterocycles. The predicted octanol–water partition coefficient (Wildman–Crippen LogP) is 7.37. The highest BCUT2D eigenvalue weighted by Crippen LogP contribution is 2.51. The SMILES string of the molecule is CC1=Cc2c(cccc2-c2ccccc2)[C]1C1=C(C)C=C2C=C(C3=CC=CC=CN3)C=C21. The second-order valence-electron chi connectivity index (χ2n) is 8.62. The molecule has 0 amide bonds. The molecule has 1 nitrogen and oxygen atoms in total. The molecule has 1 heterocycles. The van der Waals surface area contributed by atoms with Gasteiger partial charge in [-0.2, -0.15) is 0 Å². The molecule has 1 heteroatoms. The van der Waals surface area contributed by atoms with Crippen molar-refractivity contribution in [1.82, 2.24) is 5.32 Å². The zero-order chi connectivity index (χ0) is 21.7. The molecule has 0 spiro atoms. The summed E-state index contributed by atoms with van der Waals surface area (Å²) in [6.45, 7) is 4.49. The van der Waals surface area contributed by atoms with Crippen LogP contribution in [0.4, 0.5) is 0 Å². The van der Waals surface area contributed by atoms with E-state index in [9.17, 15) is 0 Å². The smallest absolute Gasteiger partial charge is 0.0601 e. The van der Waals surface area contributed by atoms with Crippen LogP contribution < -0.4 is 5.32 Å².